The second-order valence-electron chi connectivity index (χ2n) is 2.85. The molecule has 1 nitrogen and oxygen atoms in total. The lowest BCUT2D eigenvalue weighted by Gasteiger charge is -2.11. The molecule has 1 rings (SSSR count). The molecular weight excluding hydrogens is 179 g/mol. The van der Waals surface area contributed by atoms with Gasteiger partial charge < -0.3 is 5.73 Å². The fourth-order valence-electron chi connectivity index (χ4n) is 1.10. The van der Waals surface area contributed by atoms with Crippen LogP contribution < -0.4 is 5.73 Å². The van der Waals surface area contributed by atoms with Crippen molar-refractivity contribution >= 4 is 0 Å². The number of halogens is 3. The number of hydrogen-bond acceptors (Lipinski definition) is 1. The molecule has 0 aliphatic heterocycles. The summed E-state index contributed by atoms with van der Waals surface area (Å²) in [5.74, 6) is -1.56. The molecule has 0 spiro atoms. The lowest BCUT2D eigenvalue weighted by atomic mass is 10.0. The molecule has 0 unspecified atom stereocenters. The number of hydrogen-bond donors (Lipinski definition) is 1. The van der Waals surface area contributed by atoms with Crippen molar-refractivity contribution in [3.05, 3.63) is 34.9 Å². The summed E-state index contributed by atoms with van der Waals surface area (Å²) in [6.07, 6.45) is 0. The first-order valence-electron chi connectivity index (χ1n) is 3.84. The van der Waals surface area contributed by atoms with Crippen LogP contribution in [-0.2, 0) is 0 Å². The summed E-state index contributed by atoms with van der Waals surface area (Å²) in [5.41, 5.74) is 5.10. The zero-order chi connectivity index (χ0) is 10.0. The van der Waals surface area contributed by atoms with Crippen LogP contribution in [0.2, 0.25) is 0 Å². The SMILES string of the molecule is Cc1ccc(F)c([C@H](N)CF)c1F. The van der Waals surface area contributed by atoms with Crippen LogP contribution in [0, 0.1) is 18.6 Å². The monoisotopic (exact) mass is 189 g/mol. The third-order valence-electron chi connectivity index (χ3n) is 1.86. The molecule has 1 aromatic rings. The Morgan fingerprint density at radius 2 is 2.00 bits per heavy atom. The van der Waals surface area contributed by atoms with Crippen LogP contribution in [0.1, 0.15) is 17.2 Å². The van der Waals surface area contributed by atoms with Crippen LogP contribution in [0.4, 0.5) is 13.2 Å². The maximum absolute atomic E-state index is 13.2. The largest absolute Gasteiger partial charge is 0.322 e. The molecule has 2 N–H and O–H groups in total. The number of aryl methyl sites for hydroxylation is 1. The predicted octanol–water partition coefficient (Wildman–Crippen LogP) is 2.24. The predicted molar refractivity (Wildman–Crippen MR) is 44.0 cm³/mol. The summed E-state index contributed by atoms with van der Waals surface area (Å²) < 4.78 is 38.3. The van der Waals surface area contributed by atoms with E-state index in [2.05, 4.69) is 0 Å². The van der Waals surface area contributed by atoms with E-state index in [1.54, 1.807) is 0 Å². The van der Waals surface area contributed by atoms with Gasteiger partial charge in [-0.15, -0.1) is 0 Å². The molecule has 0 bridgehead atoms. The maximum Gasteiger partial charge on any atom is 0.133 e. The summed E-state index contributed by atoms with van der Waals surface area (Å²) in [7, 11) is 0. The molecule has 0 saturated carbocycles. The van der Waals surface area contributed by atoms with Crippen LogP contribution in [0.25, 0.3) is 0 Å². The number of benzene rings is 1. The Kier molecular flexibility index (Phi) is 2.93. The zero-order valence-electron chi connectivity index (χ0n) is 7.15. The van der Waals surface area contributed by atoms with E-state index in [1.165, 1.54) is 13.0 Å². The van der Waals surface area contributed by atoms with Gasteiger partial charge in [-0.1, -0.05) is 6.07 Å². The van der Waals surface area contributed by atoms with E-state index < -0.39 is 24.4 Å². The van der Waals surface area contributed by atoms with Crippen molar-refractivity contribution in [2.24, 2.45) is 5.73 Å². The summed E-state index contributed by atoms with van der Waals surface area (Å²) in [6, 6.07) is 1.16. The van der Waals surface area contributed by atoms with Gasteiger partial charge in [0.15, 0.2) is 0 Å². The van der Waals surface area contributed by atoms with Gasteiger partial charge in [0.05, 0.1) is 6.04 Å². The molecule has 13 heavy (non-hydrogen) atoms. The van der Waals surface area contributed by atoms with E-state index in [0.717, 1.165) is 6.07 Å². The summed E-state index contributed by atoms with van der Waals surface area (Å²) in [4.78, 5) is 0. The molecule has 1 atom stereocenters. The fourth-order valence-corrected chi connectivity index (χ4v) is 1.10. The first-order valence-corrected chi connectivity index (χ1v) is 3.84. The van der Waals surface area contributed by atoms with E-state index in [4.69, 9.17) is 5.73 Å². The topological polar surface area (TPSA) is 26.0 Å². The van der Waals surface area contributed by atoms with Crippen molar-refractivity contribution in [3.63, 3.8) is 0 Å². The Labute approximate surface area is 74.4 Å². The van der Waals surface area contributed by atoms with Crippen molar-refractivity contribution in [1.82, 2.24) is 0 Å². The Hall–Kier alpha value is -1.03. The molecule has 0 aromatic heterocycles. The first kappa shape index (κ1) is 10.1. The van der Waals surface area contributed by atoms with E-state index in [1.807, 2.05) is 0 Å². The first-order chi connectivity index (χ1) is 6.07. The molecule has 0 radical (unpaired) electrons. The summed E-state index contributed by atoms with van der Waals surface area (Å²) in [5, 5.41) is 0. The average Bonchev–Trinajstić information content (AvgIpc) is 2.12. The van der Waals surface area contributed by atoms with Gasteiger partial charge in [0.25, 0.3) is 0 Å². The quantitative estimate of drug-likeness (QED) is 0.758. The second kappa shape index (κ2) is 3.79. The Morgan fingerprint density at radius 1 is 1.38 bits per heavy atom. The van der Waals surface area contributed by atoms with E-state index in [-0.39, 0.29) is 11.1 Å². The summed E-state index contributed by atoms with van der Waals surface area (Å²) in [6.45, 7) is 0.501. The third kappa shape index (κ3) is 1.83. The number of nitrogens with two attached hydrogens (primary N) is 1. The lowest BCUT2D eigenvalue weighted by Crippen LogP contribution is -2.16. The highest BCUT2D eigenvalue weighted by Gasteiger charge is 2.17. The van der Waals surface area contributed by atoms with Crippen molar-refractivity contribution in [3.8, 4) is 0 Å². The van der Waals surface area contributed by atoms with E-state index >= 15 is 0 Å². The molecule has 72 valence electrons. The van der Waals surface area contributed by atoms with Crippen LogP contribution >= 0.6 is 0 Å². The second-order valence-corrected chi connectivity index (χ2v) is 2.85. The lowest BCUT2D eigenvalue weighted by molar-refractivity contribution is 0.412. The van der Waals surface area contributed by atoms with Gasteiger partial charge in [-0.3, -0.25) is 0 Å². The van der Waals surface area contributed by atoms with Crippen molar-refractivity contribution in [2.75, 3.05) is 6.67 Å². The van der Waals surface area contributed by atoms with E-state index in [0.29, 0.717) is 0 Å². The Morgan fingerprint density at radius 3 is 2.54 bits per heavy atom. The molecule has 0 aliphatic rings. The molecule has 0 heterocycles. The fraction of sp³-hybridized carbons (Fsp3) is 0.333. The zero-order valence-corrected chi connectivity index (χ0v) is 7.15. The van der Waals surface area contributed by atoms with Crippen molar-refractivity contribution in [1.29, 1.82) is 0 Å². The number of rotatable bonds is 2. The smallest absolute Gasteiger partial charge is 0.133 e. The molecular formula is C9H10F3N. The maximum atomic E-state index is 13.2. The highest BCUT2D eigenvalue weighted by molar-refractivity contribution is 5.29. The number of alkyl halides is 1. The van der Waals surface area contributed by atoms with Gasteiger partial charge in [-0.05, 0) is 18.6 Å². The molecule has 4 heteroatoms. The van der Waals surface area contributed by atoms with Crippen LogP contribution in [0.5, 0.6) is 0 Å². The minimum Gasteiger partial charge on any atom is -0.322 e. The molecule has 0 saturated heterocycles. The molecule has 1 aromatic carbocycles. The highest BCUT2D eigenvalue weighted by Crippen LogP contribution is 2.21. The molecule has 0 aliphatic carbocycles. The van der Waals surface area contributed by atoms with Gasteiger partial charge in [0, 0.05) is 5.56 Å². The van der Waals surface area contributed by atoms with E-state index in [9.17, 15) is 13.2 Å². The molecule has 0 amide bonds. The van der Waals surface area contributed by atoms with Crippen molar-refractivity contribution in [2.45, 2.75) is 13.0 Å². The standard InChI is InChI=1S/C9H10F3N/c1-5-2-3-6(11)8(9(5)12)7(13)4-10/h2-3,7H,4,13H2,1H3/t7-/m1/s1. The Bertz CT molecular complexity index is 312. The summed E-state index contributed by atoms with van der Waals surface area (Å²) >= 11 is 0. The van der Waals surface area contributed by atoms with Gasteiger partial charge in [-0.2, -0.15) is 0 Å². The third-order valence-corrected chi connectivity index (χ3v) is 1.86. The highest BCUT2D eigenvalue weighted by atomic mass is 19.1. The van der Waals surface area contributed by atoms with Gasteiger partial charge in [0.1, 0.15) is 18.3 Å². The molecule has 0 fully saturated rings. The van der Waals surface area contributed by atoms with Crippen molar-refractivity contribution < 1.29 is 13.2 Å². The van der Waals surface area contributed by atoms with Gasteiger partial charge in [-0.25, -0.2) is 13.2 Å². The van der Waals surface area contributed by atoms with Gasteiger partial charge >= 0.3 is 0 Å². The minimum absolute atomic E-state index is 0.264. The van der Waals surface area contributed by atoms with Crippen LogP contribution in [0.3, 0.4) is 0 Å². The van der Waals surface area contributed by atoms with Crippen LogP contribution in [-0.4, -0.2) is 6.67 Å². The van der Waals surface area contributed by atoms with Gasteiger partial charge in [0.2, 0.25) is 0 Å². The van der Waals surface area contributed by atoms with Crippen LogP contribution in [0.15, 0.2) is 12.1 Å². The average molecular weight is 189 g/mol. The normalized spacial score (nSPS) is 13.0. The Balaban J connectivity index is 3.25. The minimum atomic E-state index is -1.22.